The monoisotopic (exact) mass is 467 g/mol. The summed E-state index contributed by atoms with van der Waals surface area (Å²) in [6.45, 7) is 4.74. The smallest absolute Gasteiger partial charge is 0.243 e. The minimum Gasteiger partial charge on any atom is -0.384 e. The summed E-state index contributed by atoms with van der Waals surface area (Å²) in [4.78, 5) is 28.6. The molecule has 7 nitrogen and oxygen atoms in total. The third kappa shape index (κ3) is 10.5. The highest BCUT2D eigenvalue weighted by Gasteiger charge is 2.21. The van der Waals surface area contributed by atoms with E-state index in [9.17, 15) is 9.59 Å². The first kappa shape index (κ1) is 26.7. The Hall–Kier alpha value is -2.35. The van der Waals surface area contributed by atoms with Crippen LogP contribution in [0.4, 0.5) is 5.82 Å². The molecule has 0 saturated heterocycles. The highest BCUT2D eigenvalue weighted by molar-refractivity contribution is 6.42. The van der Waals surface area contributed by atoms with Gasteiger partial charge in [-0.05, 0) is 36.4 Å². The fraction of sp³-hybridized carbons (Fsp3) is 0.409. The van der Waals surface area contributed by atoms with Gasteiger partial charge < -0.3 is 21.7 Å². The molecule has 0 aliphatic heterocycles. The van der Waals surface area contributed by atoms with Gasteiger partial charge in [-0.25, -0.2) is 4.98 Å². The molecule has 0 spiro atoms. The van der Waals surface area contributed by atoms with Crippen molar-refractivity contribution in [2.45, 2.75) is 45.7 Å². The van der Waals surface area contributed by atoms with Crippen LogP contribution in [0.5, 0.6) is 0 Å². The fourth-order valence-electron chi connectivity index (χ4n) is 2.37. The number of carbonyl (C=O) groups is 2. The number of aromatic nitrogens is 1. The maximum atomic E-state index is 12.6. The van der Waals surface area contributed by atoms with Gasteiger partial charge >= 0.3 is 0 Å². The number of nitrogens with one attached hydrogen (secondary N) is 3. The van der Waals surface area contributed by atoms with Gasteiger partial charge in [-0.2, -0.15) is 0 Å². The molecule has 0 aliphatic rings. The predicted molar refractivity (Wildman–Crippen MR) is 127 cm³/mol. The first-order valence-corrected chi connectivity index (χ1v) is 10.9. The Morgan fingerprint density at radius 2 is 1.74 bits per heavy atom. The van der Waals surface area contributed by atoms with E-state index < -0.39 is 6.04 Å². The summed E-state index contributed by atoms with van der Waals surface area (Å²) in [6, 6.07) is 7.77. The van der Waals surface area contributed by atoms with Crippen LogP contribution >= 0.6 is 23.2 Å². The second kappa shape index (κ2) is 14.6. The lowest BCUT2D eigenvalue weighted by Gasteiger charge is -2.19. The number of anilines is 1. The van der Waals surface area contributed by atoms with Crippen molar-refractivity contribution in [2.24, 2.45) is 0 Å². The number of carbonyl (C=O) groups excluding carboxylic acids is 2. The molecule has 0 saturated carbocycles. The number of nitrogens with zero attached hydrogens (tertiary/aromatic N) is 1. The van der Waals surface area contributed by atoms with Crippen LogP contribution in [-0.4, -0.2) is 36.4 Å². The van der Waals surface area contributed by atoms with Crippen LogP contribution in [-0.2, 0) is 22.6 Å². The molecule has 9 heteroatoms. The average Bonchev–Trinajstić information content (AvgIpc) is 2.75. The number of amides is 2. The van der Waals surface area contributed by atoms with Crippen molar-refractivity contribution in [3.05, 3.63) is 57.7 Å². The van der Waals surface area contributed by atoms with Gasteiger partial charge in [-0.15, -0.1) is 0 Å². The molecule has 1 aromatic carbocycles. The Labute approximate surface area is 194 Å². The minimum atomic E-state index is -0.759. The number of hydrogen-bond acceptors (Lipinski definition) is 5. The zero-order chi connectivity index (χ0) is 23.2. The van der Waals surface area contributed by atoms with Crippen molar-refractivity contribution < 1.29 is 9.59 Å². The molecule has 0 bridgehead atoms. The number of nitrogen functional groups attached to an aromatic ring is 1. The van der Waals surface area contributed by atoms with E-state index in [2.05, 4.69) is 34.8 Å². The number of hydrogen-bond donors (Lipinski definition) is 4. The summed E-state index contributed by atoms with van der Waals surface area (Å²) in [5.74, 6) is -0.198. The van der Waals surface area contributed by atoms with E-state index in [4.69, 9.17) is 28.9 Å². The van der Waals surface area contributed by atoms with Gasteiger partial charge in [0, 0.05) is 19.2 Å². The summed E-state index contributed by atoms with van der Waals surface area (Å²) in [5.41, 5.74) is 7.13. The first-order valence-electron chi connectivity index (χ1n) is 10.2. The molecule has 1 unspecified atom stereocenters. The summed E-state index contributed by atoms with van der Waals surface area (Å²) in [7, 11) is 1.65. The van der Waals surface area contributed by atoms with Gasteiger partial charge in [0.1, 0.15) is 11.9 Å². The van der Waals surface area contributed by atoms with Crippen LogP contribution in [0.2, 0.25) is 10.0 Å². The maximum absolute atomic E-state index is 12.6. The molecule has 31 heavy (non-hydrogen) atoms. The molecule has 2 amide bonds. The lowest BCUT2D eigenvalue weighted by molar-refractivity contribution is -0.128. The molecule has 1 atom stereocenters. The topological polar surface area (TPSA) is 109 Å². The van der Waals surface area contributed by atoms with Crippen LogP contribution in [0.3, 0.4) is 0 Å². The van der Waals surface area contributed by atoms with Gasteiger partial charge in [0.05, 0.1) is 16.6 Å². The first-order chi connectivity index (χ1) is 14.8. The third-order valence-electron chi connectivity index (χ3n) is 4.23. The maximum Gasteiger partial charge on any atom is 0.243 e. The molecule has 1 aromatic heterocycles. The number of rotatable bonds is 9. The molecule has 5 N–H and O–H groups in total. The van der Waals surface area contributed by atoms with Crippen molar-refractivity contribution >= 4 is 40.8 Å². The molecule has 2 aromatic rings. The van der Waals surface area contributed by atoms with E-state index in [1.54, 1.807) is 43.6 Å². The second-order valence-corrected chi connectivity index (χ2v) is 7.73. The average molecular weight is 468 g/mol. The largest absolute Gasteiger partial charge is 0.384 e. The minimum absolute atomic E-state index is 0.104. The number of unbranched alkanes of at least 4 members (excludes halogenated alkanes) is 1. The van der Waals surface area contributed by atoms with Crippen LogP contribution in [0.1, 0.15) is 37.8 Å². The van der Waals surface area contributed by atoms with Crippen molar-refractivity contribution in [1.29, 1.82) is 0 Å². The Morgan fingerprint density at radius 3 is 2.29 bits per heavy atom. The number of likely N-dealkylation sites (N-methyl/N-ethyl adjacent to an activating group) is 1. The summed E-state index contributed by atoms with van der Waals surface area (Å²) < 4.78 is 0. The van der Waals surface area contributed by atoms with E-state index in [1.165, 1.54) is 12.8 Å². The molecule has 1 heterocycles. The van der Waals surface area contributed by atoms with E-state index in [0.29, 0.717) is 15.9 Å². The number of halogens is 2. The van der Waals surface area contributed by atoms with E-state index in [-0.39, 0.29) is 31.3 Å². The quantitative estimate of drug-likeness (QED) is 0.452. The van der Waals surface area contributed by atoms with Gasteiger partial charge in [-0.1, -0.05) is 62.0 Å². The van der Waals surface area contributed by atoms with Crippen LogP contribution < -0.4 is 21.7 Å². The van der Waals surface area contributed by atoms with Crippen molar-refractivity contribution in [2.75, 3.05) is 19.3 Å². The molecule has 0 fully saturated rings. The van der Waals surface area contributed by atoms with E-state index in [0.717, 1.165) is 11.1 Å². The Balaban J connectivity index is 0.00000110. The van der Waals surface area contributed by atoms with Gasteiger partial charge in [0.25, 0.3) is 0 Å². The molecule has 2 rings (SSSR count). The summed E-state index contributed by atoms with van der Waals surface area (Å²) >= 11 is 12.0. The lowest BCUT2D eigenvalue weighted by atomic mass is 10.0. The normalized spacial score (nSPS) is 11.1. The molecule has 0 radical (unpaired) electrons. The Bertz CT molecular complexity index is 829. The van der Waals surface area contributed by atoms with Gasteiger partial charge in [0.15, 0.2) is 0 Å². The highest BCUT2D eigenvalue weighted by Crippen LogP contribution is 2.23. The SMILES string of the molecule is CCCC.CNCC(=O)NC(Cc1ccc(Cl)c(Cl)c1)C(=O)NCc1ccc(N)nc1. The third-order valence-corrected chi connectivity index (χ3v) is 4.97. The summed E-state index contributed by atoms with van der Waals surface area (Å²) in [5, 5.41) is 9.09. The highest BCUT2D eigenvalue weighted by atomic mass is 35.5. The summed E-state index contributed by atoms with van der Waals surface area (Å²) in [6.07, 6.45) is 4.50. The molecule has 170 valence electrons. The van der Waals surface area contributed by atoms with Crippen LogP contribution in [0.25, 0.3) is 0 Å². The fourth-order valence-corrected chi connectivity index (χ4v) is 2.69. The van der Waals surface area contributed by atoms with Crippen molar-refractivity contribution in [1.82, 2.24) is 20.9 Å². The molecule has 0 aliphatic carbocycles. The zero-order valence-corrected chi connectivity index (χ0v) is 19.7. The second-order valence-electron chi connectivity index (χ2n) is 6.91. The number of pyridine rings is 1. The van der Waals surface area contributed by atoms with Gasteiger partial charge in [-0.3, -0.25) is 9.59 Å². The molecular weight excluding hydrogens is 437 g/mol. The Morgan fingerprint density at radius 1 is 1.06 bits per heavy atom. The standard InChI is InChI=1S/C18H21Cl2N5O2.C4H10/c1-22-10-17(26)25-15(7-11-2-4-13(19)14(20)6-11)18(27)24-9-12-3-5-16(21)23-8-12;1-3-4-2/h2-6,8,15,22H,7,9-10H2,1H3,(H2,21,23)(H,24,27)(H,25,26);3-4H2,1-2H3. The number of nitrogens with two attached hydrogens (primary N) is 1. The Kier molecular flexibility index (Phi) is 12.6. The van der Waals surface area contributed by atoms with Crippen LogP contribution in [0.15, 0.2) is 36.5 Å². The lowest BCUT2D eigenvalue weighted by Crippen LogP contribution is -2.49. The molecular formula is C22H31Cl2N5O2. The van der Waals surface area contributed by atoms with Crippen molar-refractivity contribution in [3.63, 3.8) is 0 Å². The predicted octanol–water partition coefficient (Wildman–Crippen LogP) is 3.34. The van der Waals surface area contributed by atoms with Crippen molar-refractivity contribution in [3.8, 4) is 0 Å². The van der Waals surface area contributed by atoms with E-state index in [1.807, 2.05) is 0 Å². The van der Waals surface area contributed by atoms with E-state index >= 15 is 0 Å². The number of benzene rings is 1. The van der Waals surface area contributed by atoms with Gasteiger partial charge in [0.2, 0.25) is 11.8 Å². The van der Waals surface area contributed by atoms with Crippen LogP contribution in [0, 0.1) is 0 Å². The zero-order valence-electron chi connectivity index (χ0n) is 18.2.